The number of carbonyl (C=O) groups is 2. The molecule has 0 aromatic heterocycles. The maximum Gasteiger partial charge on any atom is 0.308 e. The molecule has 0 N–H and O–H groups in total. The molecule has 6 atom stereocenters. The predicted molar refractivity (Wildman–Crippen MR) is 326 cm³/mol. The molecule has 73 heavy (non-hydrogen) atoms. The zero-order valence-electron chi connectivity index (χ0n) is 53.5. The third-order valence-electron chi connectivity index (χ3n) is 17.2. The summed E-state index contributed by atoms with van der Waals surface area (Å²) in [4.78, 5) is 28.5. The molecule has 0 bridgehead atoms. The Labute approximate surface area is 459 Å². The zero-order valence-corrected chi connectivity index (χ0v) is 57.5. The average Bonchev–Trinajstić information content (AvgIpc) is 3.18. The molecule has 0 heterocycles. The molecule has 0 fully saturated rings. The molecule has 12 heteroatoms. The Morgan fingerprint density at radius 1 is 0.370 bits per heavy atom. The maximum absolute atomic E-state index is 14.3. The Morgan fingerprint density at radius 2 is 0.603 bits per heavy atom. The van der Waals surface area contributed by atoms with Gasteiger partial charge in [-0.15, -0.1) is 6.58 Å². The molecule has 8 nitrogen and oxygen atoms in total. The van der Waals surface area contributed by atoms with Crippen molar-refractivity contribution in [2.45, 2.75) is 349 Å². The van der Waals surface area contributed by atoms with E-state index in [4.69, 9.17) is 27.2 Å². The van der Waals surface area contributed by atoms with Crippen molar-refractivity contribution in [1.82, 2.24) is 0 Å². The van der Waals surface area contributed by atoms with E-state index in [1.807, 2.05) is 6.08 Å². The van der Waals surface area contributed by atoms with Crippen molar-refractivity contribution in [2.24, 2.45) is 17.8 Å². The molecule has 0 spiro atoms. The van der Waals surface area contributed by atoms with Gasteiger partial charge < -0.3 is 27.2 Å². The van der Waals surface area contributed by atoms with Crippen LogP contribution in [0.2, 0.25) is 72.5 Å². The van der Waals surface area contributed by atoms with E-state index in [1.54, 1.807) is 0 Å². The van der Waals surface area contributed by atoms with E-state index < -0.39 is 33.3 Å². The number of esters is 2. The highest BCUT2D eigenvalue weighted by Crippen LogP contribution is 2.42. The molecule has 0 amide bonds. The first kappa shape index (κ1) is 72.4. The number of ether oxygens (including phenoxy) is 2. The van der Waals surface area contributed by atoms with Gasteiger partial charge >= 0.3 is 11.9 Å². The monoisotopic (exact) mass is 1100 g/mol. The van der Waals surface area contributed by atoms with Crippen LogP contribution in [0.1, 0.15) is 240 Å². The summed E-state index contributed by atoms with van der Waals surface area (Å²) in [5, 5.41) is 0.193. The highest BCUT2D eigenvalue weighted by Gasteiger charge is 2.44. The fourth-order valence-corrected chi connectivity index (χ4v) is 13.8. The summed E-state index contributed by atoms with van der Waals surface area (Å²) in [7, 11) is -8.52. The van der Waals surface area contributed by atoms with Gasteiger partial charge in [0.05, 0.1) is 25.0 Å². The van der Waals surface area contributed by atoms with E-state index in [9.17, 15) is 9.59 Å². The third kappa shape index (κ3) is 29.8. The molecule has 0 rings (SSSR count). The average molecular weight is 1100 g/mol. The number of carbonyl (C=O) groups excluding carboxylic acids is 2. The molecular weight excluding hydrogens is 973 g/mol. The lowest BCUT2D eigenvalue weighted by molar-refractivity contribution is -0.156. The number of rotatable bonds is 37. The maximum atomic E-state index is 14.3. The van der Waals surface area contributed by atoms with Crippen LogP contribution in [-0.2, 0) is 36.8 Å². The van der Waals surface area contributed by atoms with Crippen molar-refractivity contribution in [2.75, 3.05) is 0 Å². The zero-order chi connectivity index (χ0) is 57.0. The third-order valence-corrected chi connectivity index (χ3v) is 35.4. The second-order valence-corrected chi connectivity index (χ2v) is 48.9. The quantitative estimate of drug-likeness (QED) is 0.0345. The Morgan fingerprint density at radius 3 is 0.877 bits per heavy atom. The fraction of sp³-hybridized carbons (Fsp3) is 0.934. The summed E-state index contributed by atoms with van der Waals surface area (Å²) in [5.41, 5.74) is 0. The van der Waals surface area contributed by atoms with E-state index in [2.05, 4.69) is 184 Å². The second-order valence-electron chi connectivity index (χ2n) is 29.9. The van der Waals surface area contributed by atoms with Gasteiger partial charge in [0, 0.05) is 18.6 Å². The lowest BCUT2D eigenvalue weighted by Gasteiger charge is -2.41. The van der Waals surface area contributed by atoms with Crippen LogP contribution >= 0.6 is 0 Å². The molecule has 0 aliphatic rings. The lowest BCUT2D eigenvalue weighted by atomic mass is 9.99. The molecule has 0 aliphatic carbocycles. The van der Waals surface area contributed by atoms with Crippen molar-refractivity contribution in [3.63, 3.8) is 0 Å². The molecule has 0 radical (unpaired) electrons. The van der Waals surface area contributed by atoms with Crippen molar-refractivity contribution in [3.05, 3.63) is 12.7 Å². The Balaban J connectivity index is 6.58. The van der Waals surface area contributed by atoms with Crippen molar-refractivity contribution in [1.29, 1.82) is 0 Å². The van der Waals surface area contributed by atoms with Gasteiger partial charge in [0.15, 0.2) is 33.3 Å². The summed E-state index contributed by atoms with van der Waals surface area (Å²) >= 11 is 0. The van der Waals surface area contributed by atoms with Gasteiger partial charge in [-0.2, -0.15) is 0 Å². The van der Waals surface area contributed by atoms with Crippen molar-refractivity contribution in [3.8, 4) is 0 Å². The van der Waals surface area contributed by atoms with Gasteiger partial charge in [0.25, 0.3) is 0 Å². The van der Waals surface area contributed by atoms with E-state index in [-0.39, 0.29) is 81.6 Å². The Bertz CT molecular complexity index is 1550. The van der Waals surface area contributed by atoms with E-state index in [0.29, 0.717) is 37.0 Å². The molecule has 0 aromatic carbocycles. The molecule has 0 aliphatic heterocycles. The highest BCUT2D eigenvalue weighted by atomic mass is 28.4. The Hall–Kier alpha value is -0.612. The van der Waals surface area contributed by atoms with Gasteiger partial charge in [0.2, 0.25) is 0 Å². The second kappa shape index (κ2) is 31.8. The molecule has 434 valence electrons. The fourth-order valence-electron chi connectivity index (χ4n) is 8.19. The lowest BCUT2D eigenvalue weighted by Crippen LogP contribution is -2.46. The molecule has 0 aromatic rings. The summed E-state index contributed by atoms with van der Waals surface area (Å²) in [6.07, 6.45) is 15.6. The minimum Gasteiger partial charge on any atom is -0.462 e. The number of hydrogen-bond donors (Lipinski definition) is 0. The van der Waals surface area contributed by atoms with Crippen LogP contribution in [0.15, 0.2) is 12.7 Å². The highest BCUT2D eigenvalue weighted by molar-refractivity contribution is 6.75. The minimum atomic E-state index is -2.23. The SMILES string of the molecule is C=CC[C@H](CC[C@@H](CCCC(C)C)OC(=O)C[C@H](CC[C@@H](CCCC(C)C)O[Si](C)(C)C(C)(C)C)O[Si](C)(C)C(C)(C)C)OC(=O)C[C@H](CC[C@@H](CCCC(C)C)O[Si](C)(C)C(C)(C)C)O[Si](C)(C)C(C)(C)C. The van der Waals surface area contributed by atoms with Crippen LogP contribution in [0, 0.1) is 17.8 Å². The topological polar surface area (TPSA) is 89.5 Å². The van der Waals surface area contributed by atoms with Crippen LogP contribution < -0.4 is 0 Å². The predicted octanol–water partition coefficient (Wildman–Crippen LogP) is 19.5. The summed E-state index contributed by atoms with van der Waals surface area (Å²) in [6.45, 7) is 63.6. The van der Waals surface area contributed by atoms with Gasteiger partial charge in [-0.3, -0.25) is 9.59 Å². The van der Waals surface area contributed by atoms with Crippen LogP contribution in [0.25, 0.3) is 0 Å². The smallest absolute Gasteiger partial charge is 0.308 e. The molecule has 0 saturated heterocycles. The normalized spacial score (nSPS) is 16.4. The van der Waals surface area contributed by atoms with E-state index in [1.165, 1.54) is 12.8 Å². The van der Waals surface area contributed by atoms with Crippen LogP contribution in [0.5, 0.6) is 0 Å². The summed E-state index contributed by atoms with van der Waals surface area (Å²) < 4.78 is 41.3. The standard InChI is InChI=1S/C61H126O8Si4/c1-28-32-50(64-56(62)45-54(68-72(24,25)60(14,15)16)43-41-52(37-30-34-48(4)5)66-70(20,21)58(8,9)10)39-40-51(36-29-33-47(2)3)65-57(63)46-55(69-73(26,27)61(17,18)19)44-42-53(38-31-35-49(6)7)67-71(22,23)59(11,12)13/h28,47-55H,1,29-46H2,2-27H3/t50-,51-,52-,53-,54+,55+/m1/s1. The summed E-state index contributed by atoms with van der Waals surface area (Å²) in [6, 6.07) is 0. The van der Waals surface area contributed by atoms with Gasteiger partial charge in [-0.1, -0.05) is 163 Å². The minimum absolute atomic E-state index is 0.00793. The van der Waals surface area contributed by atoms with Crippen molar-refractivity contribution < 1.29 is 36.8 Å². The van der Waals surface area contributed by atoms with E-state index in [0.717, 1.165) is 70.6 Å². The molecule has 0 saturated carbocycles. The summed E-state index contributed by atoms with van der Waals surface area (Å²) in [5.74, 6) is 1.40. The van der Waals surface area contributed by atoms with Crippen LogP contribution in [0.4, 0.5) is 0 Å². The van der Waals surface area contributed by atoms with Crippen molar-refractivity contribution >= 4 is 45.2 Å². The molecule has 0 unspecified atom stereocenters. The first-order valence-corrected chi connectivity index (χ1v) is 41.3. The first-order chi connectivity index (χ1) is 32.9. The Kier molecular flexibility index (Phi) is 31.6. The van der Waals surface area contributed by atoms with Gasteiger partial charge in [-0.05, 0) is 154 Å². The largest absolute Gasteiger partial charge is 0.462 e. The van der Waals surface area contributed by atoms with Gasteiger partial charge in [-0.25, -0.2) is 0 Å². The van der Waals surface area contributed by atoms with Crippen LogP contribution in [-0.4, -0.2) is 81.8 Å². The van der Waals surface area contributed by atoms with Gasteiger partial charge in [0.1, 0.15) is 12.2 Å². The molecular formula is C61H126O8Si4. The van der Waals surface area contributed by atoms with E-state index >= 15 is 0 Å². The first-order valence-electron chi connectivity index (χ1n) is 29.7. The number of hydrogen-bond acceptors (Lipinski definition) is 8. The van der Waals surface area contributed by atoms with Crippen LogP contribution in [0.3, 0.4) is 0 Å².